The Kier molecular flexibility index (Phi) is 6.63. The molecule has 3 rings (SSSR count). The second-order valence-corrected chi connectivity index (χ2v) is 7.40. The van der Waals surface area contributed by atoms with Gasteiger partial charge in [0.05, 0.1) is 12.2 Å². The van der Waals surface area contributed by atoms with E-state index in [4.69, 9.17) is 9.52 Å². The van der Waals surface area contributed by atoms with Crippen LogP contribution < -0.4 is 16.4 Å². The van der Waals surface area contributed by atoms with Crippen LogP contribution >= 0.6 is 0 Å². The molecule has 29 heavy (non-hydrogen) atoms. The standard InChI is InChI=1S/C19H25F3N4O3/c1-11(12-2-5-14(6-3-12)23-8-9-27)24-16-10-13(17-25-26-18(28)29-17)4-7-15(16)19(20,21)22/h4,7,10-12,14,23-24,27H,2-3,5-6,8-9H2,1H3,(H,26,28)/t11-,12?,14?/m0/s1. The number of alkyl halides is 3. The van der Waals surface area contributed by atoms with E-state index in [0.29, 0.717) is 12.6 Å². The highest BCUT2D eigenvalue weighted by Crippen LogP contribution is 2.38. The summed E-state index contributed by atoms with van der Waals surface area (Å²) in [6.07, 6.45) is -0.916. The molecule has 0 unspecified atom stereocenters. The number of hydrogen-bond acceptors (Lipinski definition) is 6. The molecule has 2 aromatic rings. The molecular weight excluding hydrogens is 389 g/mol. The van der Waals surface area contributed by atoms with Crippen LogP contribution in [0.1, 0.15) is 38.2 Å². The van der Waals surface area contributed by atoms with Crippen molar-refractivity contribution in [2.24, 2.45) is 5.92 Å². The van der Waals surface area contributed by atoms with Crippen LogP contribution in [0.3, 0.4) is 0 Å². The first kappa shape index (κ1) is 21.4. The molecule has 1 atom stereocenters. The van der Waals surface area contributed by atoms with E-state index < -0.39 is 17.5 Å². The van der Waals surface area contributed by atoms with Crippen molar-refractivity contribution in [3.8, 4) is 11.5 Å². The predicted octanol–water partition coefficient (Wildman–Crippen LogP) is 2.99. The molecule has 0 bridgehead atoms. The van der Waals surface area contributed by atoms with Gasteiger partial charge in [-0.2, -0.15) is 13.2 Å². The first-order valence-corrected chi connectivity index (χ1v) is 9.66. The van der Waals surface area contributed by atoms with E-state index >= 15 is 0 Å². The van der Waals surface area contributed by atoms with Gasteiger partial charge >= 0.3 is 11.9 Å². The van der Waals surface area contributed by atoms with E-state index in [-0.39, 0.29) is 35.7 Å². The molecule has 10 heteroatoms. The van der Waals surface area contributed by atoms with Gasteiger partial charge in [-0.05, 0) is 56.7 Å². The third-order valence-electron chi connectivity index (χ3n) is 5.42. The highest BCUT2D eigenvalue weighted by Gasteiger charge is 2.35. The highest BCUT2D eigenvalue weighted by molar-refractivity contribution is 5.65. The van der Waals surface area contributed by atoms with Crippen molar-refractivity contribution in [1.82, 2.24) is 15.5 Å². The van der Waals surface area contributed by atoms with Gasteiger partial charge < -0.3 is 20.2 Å². The predicted molar refractivity (Wildman–Crippen MR) is 101 cm³/mol. The Labute approximate surface area is 165 Å². The van der Waals surface area contributed by atoms with Crippen molar-refractivity contribution in [1.29, 1.82) is 0 Å². The van der Waals surface area contributed by atoms with E-state index in [1.165, 1.54) is 12.1 Å². The summed E-state index contributed by atoms with van der Waals surface area (Å²) in [4.78, 5) is 11.2. The lowest BCUT2D eigenvalue weighted by Crippen LogP contribution is -2.38. The Morgan fingerprint density at radius 1 is 1.31 bits per heavy atom. The van der Waals surface area contributed by atoms with Crippen molar-refractivity contribution in [3.05, 3.63) is 34.3 Å². The molecule has 4 N–H and O–H groups in total. The Bertz CT molecular complexity index is 857. The third kappa shape index (κ3) is 5.39. The number of benzene rings is 1. The second-order valence-electron chi connectivity index (χ2n) is 7.40. The van der Waals surface area contributed by atoms with Gasteiger partial charge in [-0.3, -0.25) is 0 Å². The first-order chi connectivity index (χ1) is 13.8. The fraction of sp³-hybridized carbons (Fsp3) is 0.579. The number of rotatable bonds is 7. The van der Waals surface area contributed by atoms with Gasteiger partial charge in [0, 0.05) is 29.9 Å². The summed E-state index contributed by atoms with van der Waals surface area (Å²) in [5.74, 6) is -0.598. The summed E-state index contributed by atoms with van der Waals surface area (Å²) in [6, 6.07) is 3.68. The molecule has 1 aliphatic carbocycles. The molecule has 0 saturated heterocycles. The van der Waals surface area contributed by atoms with E-state index in [9.17, 15) is 18.0 Å². The van der Waals surface area contributed by atoms with Crippen molar-refractivity contribution in [2.75, 3.05) is 18.5 Å². The number of aliphatic hydroxyl groups is 1. The molecule has 1 aliphatic rings. The lowest BCUT2D eigenvalue weighted by atomic mass is 9.82. The summed E-state index contributed by atoms with van der Waals surface area (Å²) in [5.41, 5.74) is -0.555. The van der Waals surface area contributed by atoms with Crippen LogP contribution in [0.25, 0.3) is 11.5 Å². The fourth-order valence-corrected chi connectivity index (χ4v) is 3.85. The van der Waals surface area contributed by atoms with Gasteiger partial charge in [-0.15, -0.1) is 5.10 Å². The summed E-state index contributed by atoms with van der Waals surface area (Å²) >= 11 is 0. The molecule has 1 heterocycles. The number of aromatic amines is 1. The van der Waals surface area contributed by atoms with Crippen LogP contribution in [0.4, 0.5) is 18.9 Å². The lowest BCUT2D eigenvalue weighted by molar-refractivity contribution is -0.137. The van der Waals surface area contributed by atoms with Gasteiger partial charge in [-0.1, -0.05) is 0 Å². The van der Waals surface area contributed by atoms with Crippen molar-refractivity contribution < 1.29 is 22.7 Å². The lowest BCUT2D eigenvalue weighted by Gasteiger charge is -2.34. The summed E-state index contributed by atoms with van der Waals surface area (Å²) in [5, 5.41) is 21.0. The average Bonchev–Trinajstić information content (AvgIpc) is 3.12. The largest absolute Gasteiger partial charge is 0.434 e. The minimum atomic E-state index is -4.52. The van der Waals surface area contributed by atoms with Gasteiger partial charge in [0.1, 0.15) is 0 Å². The molecule has 1 aromatic carbocycles. The maximum absolute atomic E-state index is 13.5. The van der Waals surface area contributed by atoms with Gasteiger partial charge in [0.25, 0.3) is 0 Å². The van der Waals surface area contributed by atoms with E-state index in [0.717, 1.165) is 31.7 Å². The SMILES string of the molecule is C[C@H](Nc1cc(-c2n[nH]c(=O)o2)ccc1C(F)(F)F)C1CCC(NCCO)CC1. The quantitative estimate of drug-likeness (QED) is 0.556. The third-order valence-corrected chi connectivity index (χ3v) is 5.42. The Morgan fingerprint density at radius 3 is 2.62 bits per heavy atom. The zero-order valence-electron chi connectivity index (χ0n) is 16.1. The second kappa shape index (κ2) is 9.00. The number of H-pyrrole nitrogens is 1. The monoisotopic (exact) mass is 414 g/mol. The van der Waals surface area contributed by atoms with Crippen molar-refractivity contribution >= 4 is 5.69 Å². The number of nitrogens with one attached hydrogen (secondary N) is 3. The van der Waals surface area contributed by atoms with Gasteiger partial charge in [0.2, 0.25) is 5.89 Å². The minimum Gasteiger partial charge on any atom is -0.395 e. The van der Waals surface area contributed by atoms with E-state index in [2.05, 4.69) is 20.8 Å². The minimum absolute atomic E-state index is 0.0603. The summed E-state index contributed by atoms with van der Waals surface area (Å²) in [7, 11) is 0. The molecule has 1 fully saturated rings. The first-order valence-electron chi connectivity index (χ1n) is 9.66. The molecule has 0 aliphatic heterocycles. The maximum atomic E-state index is 13.5. The maximum Gasteiger partial charge on any atom is 0.434 e. The zero-order valence-corrected chi connectivity index (χ0v) is 16.1. The molecule has 7 nitrogen and oxygen atoms in total. The molecule has 0 amide bonds. The summed E-state index contributed by atoms with van der Waals surface area (Å²) in [6.45, 7) is 2.52. The van der Waals surface area contributed by atoms with Crippen LogP contribution in [0.2, 0.25) is 0 Å². The molecule has 1 aromatic heterocycles. The average molecular weight is 414 g/mol. The molecule has 1 saturated carbocycles. The smallest absolute Gasteiger partial charge is 0.395 e. The Balaban J connectivity index is 1.75. The normalized spacial score (nSPS) is 21.1. The zero-order chi connectivity index (χ0) is 21.0. The van der Waals surface area contributed by atoms with Crippen LogP contribution in [-0.2, 0) is 6.18 Å². The van der Waals surface area contributed by atoms with Gasteiger partial charge in [0.15, 0.2) is 0 Å². The number of aromatic nitrogens is 2. The Hall–Kier alpha value is -2.33. The van der Waals surface area contributed by atoms with E-state index in [1.807, 2.05) is 6.92 Å². The van der Waals surface area contributed by atoms with Crippen LogP contribution in [-0.4, -0.2) is 40.5 Å². The summed E-state index contributed by atoms with van der Waals surface area (Å²) < 4.78 is 45.3. The molecule has 0 radical (unpaired) electrons. The Morgan fingerprint density at radius 2 is 2.03 bits per heavy atom. The molecular formula is C19H25F3N4O3. The molecule has 0 spiro atoms. The topological polar surface area (TPSA) is 103 Å². The van der Waals surface area contributed by atoms with Crippen molar-refractivity contribution in [3.63, 3.8) is 0 Å². The van der Waals surface area contributed by atoms with Crippen LogP contribution in [0, 0.1) is 5.92 Å². The number of anilines is 1. The van der Waals surface area contributed by atoms with E-state index in [1.54, 1.807) is 0 Å². The number of hydrogen-bond donors (Lipinski definition) is 4. The molecule has 160 valence electrons. The van der Waals surface area contributed by atoms with Crippen LogP contribution in [0.5, 0.6) is 0 Å². The van der Waals surface area contributed by atoms with Gasteiger partial charge in [-0.25, -0.2) is 9.89 Å². The van der Waals surface area contributed by atoms with Crippen molar-refractivity contribution in [2.45, 2.75) is 50.9 Å². The fourth-order valence-electron chi connectivity index (χ4n) is 3.85. The number of aliphatic hydroxyl groups excluding tert-OH is 1. The number of nitrogens with zero attached hydrogens (tertiary/aromatic N) is 1. The highest BCUT2D eigenvalue weighted by atomic mass is 19.4. The van der Waals surface area contributed by atoms with Crippen LogP contribution in [0.15, 0.2) is 27.4 Å². The number of halogens is 3.